The highest BCUT2D eigenvalue weighted by Crippen LogP contribution is 2.14. The SMILES string of the molecule is CCN(C[C@@H](C)N)c1ccc(C)cc1. The van der Waals surface area contributed by atoms with Crippen molar-refractivity contribution in [2.24, 2.45) is 5.73 Å². The number of anilines is 1. The Bertz CT molecular complexity index is 264. The summed E-state index contributed by atoms with van der Waals surface area (Å²) in [5, 5.41) is 0. The molecule has 0 aliphatic carbocycles. The fourth-order valence-corrected chi connectivity index (χ4v) is 1.52. The Morgan fingerprint density at radius 2 is 1.86 bits per heavy atom. The molecular formula is C12H20N2. The van der Waals surface area contributed by atoms with E-state index >= 15 is 0 Å². The third-order valence-corrected chi connectivity index (χ3v) is 2.29. The Morgan fingerprint density at radius 3 is 2.29 bits per heavy atom. The van der Waals surface area contributed by atoms with E-state index in [4.69, 9.17) is 5.73 Å². The average molecular weight is 192 g/mol. The van der Waals surface area contributed by atoms with Gasteiger partial charge in [0.2, 0.25) is 0 Å². The van der Waals surface area contributed by atoms with Crippen molar-refractivity contribution in [3.63, 3.8) is 0 Å². The molecule has 1 rings (SSSR count). The molecule has 1 aromatic rings. The van der Waals surface area contributed by atoms with Crippen LogP contribution in [0.5, 0.6) is 0 Å². The van der Waals surface area contributed by atoms with Crippen LogP contribution in [0.15, 0.2) is 24.3 Å². The number of hydrogen-bond acceptors (Lipinski definition) is 2. The van der Waals surface area contributed by atoms with Crippen molar-refractivity contribution in [3.05, 3.63) is 29.8 Å². The first-order chi connectivity index (χ1) is 6.63. The lowest BCUT2D eigenvalue weighted by Gasteiger charge is -2.25. The number of nitrogens with zero attached hydrogens (tertiary/aromatic N) is 1. The van der Waals surface area contributed by atoms with E-state index in [1.807, 2.05) is 6.92 Å². The van der Waals surface area contributed by atoms with Crippen molar-refractivity contribution in [1.82, 2.24) is 0 Å². The molecule has 0 aliphatic heterocycles. The maximum atomic E-state index is 5.79. The normalized spacial score (nSPS) is 12.6. The van der Waals surface area contributed by atoms with Crippen LogP contribution in [0.3, 0.4) is 0 Å². The number of likely N-dealkylation sites (N-methyl/N-ethyl adjacent to an activating group) is 1. The number of nitrogens with two attached hydrogens (primary N) is 1. The zero-order valence-electron chi connectivity index (χ0n) is 9.33. The molecule has 14 heavy (non-hydrogen) atoms. The van der Waals surface area contributed by atoms with Gasteiger partial charge in [-0.2, -0.15) is 0 Å². The van der Waals surface area contributed by atoms with Gasteiger partial charge in [0.25, 0.3) is 0 Å². The van der Waals surface area contributed by atoms with Gasteiger partial charge in [-0.15, -0.1) is 0 Å². The summed E-state index contributed by atoms with van der Waals surface area (Å²) >= 11 is 0. The molecule has 0 unspecified atom stereocenters. The highest BCUT2D eigenvalue weighted by molar-refractivity contribution is 5.47. The van der Waals surface area contributed by atoms with Gasteiger partial charge in [0.15, 0.2) is 0 Å². The molecule has 2 nitrogen and oxygen atoms in total. The van der Waals surface area contributed by atoms with E-state index in [0.717, 1.165) is 13.1 Å². The van der Waals surface area contributed by atoms with Crippen LogP contribution >= 0.6 is 0 Å². The predicted octanol–water partition coefficient (Wildman–Crippen LogP) is 2.17. The molecule has 0 spiro atoms. The van der Waals surface area contributed by atoms with Gasteiger partial charge in [-0.1, -0.05) is 17.7 Å². The van der Waals surface area contributed by atoms with E-state index < -0.39 is 0 Å². The summed E-state index contributed by atoms with van der Waals surface area (Å²) in [6.45, 7) is 8.22. The molecule has 2 N–H and O–H groups in total. The monoisotopic (exact) mass is 192 g/mol. The van der Waals surface area contributed by atoms with Crippen molar-refractivity contribution >= 4 is 5.69 Å². The second-order valence-corrected chi connectivity index (χ2v) is 3.85. The highest BCUT2D eigenvalue weighted by atomic mass is 15.1. The Hall–Kier alpha value is -1.02. The number of rotatable bonds is 4. The fourth-order valence-electron chi connectivity index (χ4n) is 1.52. The van der Waals surface area contributed by atoms with Crippen molar-refractivity contribution in [2.75, 3.05) is 18.0 Å². The van der Waals surface area contributed by atoms with Crippen LogP contribution in [0.4, 0.5) is 5.69 Å². The van der Waals surface area contributed by atoms with Crippen molar-refractivity contribution < 1.29 is 0 Å². The quantitative estimate of drug-likeness (QED) is 0.792. The van der Waals surface area contributed by atoms with E-state index in [1.165, 1.54) is 11.3 Å². The molecule has 0 bridgehead atoms. The summed E-state index contributed by atoms with van der Waals surface area (Å²) in [5.74, 6) is 0. The largest absolute Gasteiger partial charge is 0.370 e. The molecule has 0 saturated carbocycles. The summed E-state index contributed by atoms with van der Waals surface area (Å²) in [6, 6.07) is 8.80. The second kappa shape index (κ2) is 5.01. The zero-order chi connectivity index (χ0) is 10.6. The molecule has 0 aromatic heterocycles. The van der Waals surface area contributed by atoms with Crippen LogP contribution in [0.2, 0.25) is 0 Å². The van der Waals surface area contributed by atoms with Gasteiger partial charge in [0.05, 0.1) is 0 Å². The van der Waals surface area contributed by atoms with Crippen molar-refractivity contribution in [3.8, 4) is 0 Å². The Balaban J connectivity index is 2.73. The Labute approximate surface area is 86.7 Å². The van der Waals surface area contributed by atoms with Crippen LogP contribution in [-0.2, 0) is 0 Å². The van der Waals surface area contributed by atoms with Crippen LogP contribution in [0.25, 0.3) is 0 Å². The average Bonchev–Trinajstić information content (AvgIpc) is 2.15. The van der Waals surface area contributed by atoms with Gasteiger partial charge in [-0.25, -0.2) is 0 Å². The van der Waals surface area contributed by atoms with Crippen LogP contribution in [-0.4, -0.2) is 19.1 Å². The molecular weight excluding hydrogens is 172 g/mol. The lowest BCUT2D eigenvalue weighted by atomic mass is 10.2. The summed E-state index contributed by atoms with van der Waals surface area (Å²) in [4.78, 5) is 2.30. The number of aryl methyl sites for hydroxylation is 1. The predicted molar refractivity (Wildman–Crippen MR) is 62.7 cm³/mol. The molecule has 0 aliphatic rings. The van der Waals surface area contributed by atoms with Gasteiger partial charge in [-0.3, -0.25) is 0 Å². The number of hydrogen-bond donors (Lipinski definition) is 1. The molecule has 0 saturated heterocycles. The van der Waals surface area contributed by atoms with Crippen LogP contribution < -0.4 is 10.6 Å². The van der Waals surface area contributed by atoms with Gasteiger partial charge < -0.3 is 10.6 Å². The topological polar surface area (TPSA) is 29.3 Å². The smallest absolute Gasteiger partial charge is 0.0366 e. The fraction of sp³-hybridized carbons (Fsp3) is 0.500. The molecule has 78 valence electrons. The Morgan fingerprint density at radius 1 is 1.29 bits per heavy atom. The molecule has 0 amide bonds. The second-order valence-electron chi connectivity index (χ2n) is 3.85. The first-order valence-corrected chi connectivity index (χ1v) is 5.20. The van der Waals surface area contributed by atoms with E-state index in [2.05, 4.69) is 43.0 Å². The van der Waals surface area contributed by atoms with Crippen LogP contribution in [0.1, 0.15) is 19.4 Å². The van der Waals surface area contributed by atoms with E-state index in [0.29, 0.717) is 0 Å². The Kier molecular flexibility index (Phi) is 3.96. The van der Waals surface area contributed by atoms with Gasteiger partial charge in [0.1, 0.15) is 0 Å². The van der Waals surface area contributed by atoms with E-state index in [1.54, 1.807) is 0 Å². The molecule has 0 heterocycles. The molecule has 1 aromatic carbocycles. The van der Waals surface area contributed by atoms with E-state index in [-0.39, 0.29) is 6.04 Å². The molecule has 0 radical (unpaired) electrons. The van der Waals surface area contributed by atoms with E-state index in [9.17, 15) is 0 Å². The first-order valence-electron chi connectivity index (χ1n) is 5.20. The number of benzene rings is 1. The maximum Gasteiger partial charge on any atom is 0.0366 e. The summed E-state index contributed by atoms with van der Waals surface area (Å²) in [5.41, 5.74) is 8.35. The van der Waals surface area contributed by atoms with Crippen LogP contribution in [0, 0.1) is 6.92 Å². The lowest BCUT2D eigenvalue weighted by molar-refractivity contribution is 0.689. The minimum Gasteiger partial charge on any atom is -0.370 e. The third-order valence-electron chi connectivity index (χ3n) is 2.29. The minimum absolute atomic E-state index is 0.219. The molecule has 2 heteroatoms. The van der Waals surface area contributed by atoms with Crippen molar-refractivity contribution in [2.45, 2.75) is 26.8 Å². The standard InChI is InChI=1S/C12H20N2/c1-4-14(9-11(3)13)12-7-5-10(2)6-8-12/h5-8,11H,4,9,13H2,1-3H3/t11-/m1/s1. The maximum absolute atomic E-state index is 5.79. The zero-order valence-corrected chi connectivity index (χ0v) is 9.33. The van der Waals surface area contributed by atoms with Gasteiger partial charge in [0, 0.05) is 24.8 Å². The first kappa shape index (κ1) is 11.1. The third kappa shape index (κ3) is 3.04. The minimum atomic E-state index is 0.219. The summed E-state index contributed by atoms with van der Waals surface area (Å²) < 4.78 is 0. The lowest BCUT2D eigenvalue weighted by Crippen LogP contribution is -2.35. The summed E-state index contributed by atoms with van der Waals surface area (Å²) in [6.07, 6.45) is 0. The van der Waals surface area contributed by atoms with Gasteiger partial charge in [-0.05, 0) is 32.9 Å². The van der Waals surface area contributed by atoms with Crippen molar-refractivity contribution in [1.29, 1.82) is 0 Å². The van der Waals surface area contributed by atoms with Gasteiger partial charge >= 0.3 is 0 Å². The summed E-state index contributed by atoms with van der Waals surface area (Å²) in [7, 11) is 0. The molecule has 0 fully saturated rings. The highest BCUT2D eigenvalue weighted by Gasteiger charge is 2.05. The molecule has 1 atom stereocenters.